The molecule has 0 spiro atoms. The number of fused-ring (bicyclic) bond motifs is 1. The molecule has 0 aliphatic heterocycles. The molecule has 196 valence electrons. The molecule has 9 heteroatoms. The maximum absolute atomic E-state index is 13.2. The van der Waals surface area contributed by atoms with Gasteiger partial charge in [-0.25, -0.2) is 4.98 Å². The molecule has 4 rings (SSSR count). The lowest BCUT2D eigenvalue weighted by atomic mass is 10.1. The Morgan fingerprint density at radius 1 is 1.18 bits per heavy atom. The first-order valence-corrected chi connectivity index (χ1v) is 12.3. The van der Waals surface area contributed by atoms with E-state index in [1.807, 2.05) is 69.3 Å². The number of nitrogen functional groups attached to an aromatic ring is 1. The lowest BCUT2D eigenvalue weighted by Gasteiger charge is -2.13. The molecule has 0 aliphatic carbocycles. The molecule has 0 fully saturated rings. The highest BCUT2D eigenvalue weighted by Gasteiger charge is 2.18. The van der Waals surface area contributed by atoms with Crippen LogP contribution in [0, 0.1) is 17.8 Å². The van der Waals surface area contributed by atoms with Crippen LogP contribution in [0.1, 0.15) is 42.5 Å². The largest absolute Gasteiger partial charge is 0.381 e. The van der Waals surface area contributed by atoms with Gasteiger partial charge in [0.1, 0.15) is 17.2 Å². The first-order chi connectivity index (χ1) is 18.2. The third kappa shape index (κ3) is 6.10. The topological polar surface area (TPSA) is 134 Å². The first kappa shape index (κ1) is 27.7. The van der Waals surface area contributed by atoms with Gasteiger partial charge in [0.25, 0.3) is 11.5 Å². The standard InChI is InChI=1S/C21H20N2O.C8H13N5O/c1-4-19-22-18-12-8-9-16(14-13-15(2)3)20(18)21(24)23(19)17-10-6-5-7-11-17;1-3-4-11-8-5(7(10)14)6(9)12-13(8)2/h5-12,15H,4H2,1-3H3;3,11H,1,4H2,2H3,(H2,9,12)(H2,10,14). The van der Waals surface area contributed by atoms with Gasteiger partial charge in [0.05, 0.1) is 16.6 Å². The van der Waals surface area contributed by atoms with Crippen molar-refractivity contribution >= 4 is 28.4 Å². The Morgan fingerprint density at radius 3 is 2.50 bits per heavy atom. The third-order valence-corrected chi connectivity index (χ3v) is 5.53. The van der Waals surface area contributed by atoms with E-state index < -0.39 is 5.91 Å². The van der Waals surface area contributed by atoms with E-state index in [4.69, 9.17) is 16.5 Å². The van der Waals surface area contributed by atoms with E-state index in [1.54, 1.807) is 17.7 Å². The Labute approximate surface area is 222 Å². The molecule has 1 amide bonds. The minimum absolute atomic E-state index is 0.0586. The highest BCUT2D eigenvalue weighted by molar-refractivity contribution is 6.02. The second-order valence-electron chi connectivity index (χ2n) is 8.75. The van der Waals surface area contributed by atoms with E-state index in [-0.39, 0.29) is 22.9 Å². The van der Waals surface area contributed by atoms with Crippen molar-refractivity contribution < 1.29 is 4.79 Å². The van der Waals surface area contributed by atoms with Crippen molar-refractivity contribution in [1.29, 1.82) is 0 Å². The number of amides is 1. The number of aromatic nitrogens is 4. The second kappa shape index (κ2) is 12.4. The molecule has 4 aromatic rings. The molecule has 0 saturated heterocycles. The number of anilines is 2. The van der Waals surface area contributed by atoms with Crippen molar-refractivity contribution in [2.45, 2.75) is 27.2 Å². The van der Waals surface area contributed by atoms with Gasteiger partial charge >= 0.3 is 0 Å². The number of hydrogen-bond donors (Lipinski definition) is 3. The molecule has 0 unspecified atom stereocenters. The smallest absolute Gasteiger partial charge is 0.267 e. The van der Waals surface area contributed by atoms with E-state index in [1.165, 1.54) is 4.68 Å². The lowest BCUT2D eigenvalue weighted by molar-refractivity contribution is 0.100. The van der Waals surface area contributed by atoms with E-state index in [0.717, 1.165) is 17.1 Å². The van der Waals surface area contributed by atoms with Crippen molar-refractivity contribution in [1.82, 2.24) is 19.3 Å². The van der Waals surface area contributed by atoms with E-state index in [2.05, 4.69) is 28.8 Å². The van der Waals surface area contributed by atoms with Crippen molar-refractivity contribution in [3.05, 3.63) is 88.5 Å². The summed E-state index contributed by atoms with van der Waals surface area (Å²) in [6.45, 7) is 10.1. The third-order valence-electron chi connectivity index (χ3n) is 5.53. The fourth-order valence-corrected chi connectivity index (χ4v) is 3.84. The van der Waals surface area contributed by atoms with Gasteiger partial charge in [0.2, 0.25) is 0 Å². The number of rotatable bonds is 6. The number of nitrogens with one attached hydrogen (secondary N) is 1. The van der Waals surface area contributed by atoms with Crippen LogP contribution in [-0.4, -0.2) is 31.8 Å². The number of benzene rings is 2. The minimum Gasteiger partial charge on any atom is -0.381 e. The van der Waals surface area contributed by atoms with Crippen LogP contribution in [0.4, 0.5) is 11.6 Å². The van der Waals surface area contributed by atoms with Crippen LogP contribution in [0.5, 0.6) is 0 Å². The zero-order valence-corrected chi connectivity index (χ0v) is 22.2. The second-order valence-corrected chi connectivity index (χ2v) is 8.75. The molecule has 9 nitrogen and oxygen atoms in total. The highest BCUT2D eigenvalue weighted by atomic mass is 16.1. The van der Waals surface area contributed by atoms with Gasteiger partial charge in [0.15, 0.2) is 5.82 Å². The lowest BCUT2D eigenvalue weighted by Crippen LogP contribution is -2.24. The predicted octanol–water partition coefficient (Wildman–Crippen LogP) is 3.65. The van der Waals surface area contributed by atoms with Gasteiger partial charge in [-0.2, -0.15) is 5.10 Å². The van der Waals surface area contributed by atoms with Crippen LogP contribution in [0.15, 0.2) is 66.0 Å². The number of para-hydroxylation sites is 1. The van der Waals surface area contributed by atoms with Crippen molar-refractivity contribution in [2.24, 2.45) is 18.7 Å². The van der Waals surface area contributed by atoms with E-state index >= 15 is 0 Å². The minimum atomic E-state index is -0.595. The van der Waals surface area contributed by atoms with Crippen molar-refractivity contribution in [3.63, 3.8) is 0 Å². The molecule has 0 aliphatic rings. The van der Waals surface area contributed by atoms with Gasteiger partial charge in [-0.3, -0.25) is 18.8 Å². The molecule has 2 aromatic heterocycles. The number of aryl methyl sites for hydroxylation is 2. The Bertz CT molecular complexity index is 1570. The van der Waals surface area contributed by atoms with Crippen LogP contribution >= 0.6 is 0 Å². The van der Waals surface area contributed by atoms with Gasteiger partial charge in [-0.05, 0) is 24.3 Å². The average molecular weight is 512 g/mol. The maximum Gasteiger partial charge on any atom is 0.267 e. The molecule has 2 aromatic carbocycles. The molecule has 0 saturated carbocycles. The number of nitrogens with two attached hydrogens (primary N) is 2. The predicted molar refractivity (Wildman–Crippen MR) is 153 cm³/mol. The molecule has 5 N–H and O–H groups in total. The Hall–Kier alpha value is -4.84. The number of hydrogen-bond acceptors (Lipinski definition) is 6. The number of carbonyl (C=O) groups excluding carboxylic acids is 1. The molecule has 0 bridgehead atoms. The zero-order valence-electron chi connectivity index (χ0n) is 22.2. The zero-order chi connectivity index (χ0) is 27.8. The fourth-order valence-electron chi connectivity index (χ4n) is 3.84. The van der Waals surface area contributed by atoms with E-state index in [9.17, 15) is 9.59 Å². The Balaban J connectivity index is 0.000000244. The summed E-state index contributed by atoms with van der Waals surface area (Å²) >= 11 is 0. The summed E-state index contributed by atoms with van der Waals surface area (Å²) in [5.74, 6) is 7.34. The van der Waals surface area contributed by atoms with Gasteiger partial charge < -0.3 is 16.8 Å². The van der Waals surface area contributed by atoms with Crippen LogP contribution in [0.25, 0.3) is 16.6 Å². The first-order valence-electron chi connectivity index (χ1n) is 12.3. The van der Waals surface area contributed by atoms with Gasteiger partial charge in [-0.1, -0.05) is 63.0 Å². The summed E-state index contributed by atoms with van der Waals surface area (Å²) in [5, 5.41) is 7.41. The quantitative estimate of drug-likeness (QED) is 0.267. The summed E-state index contributed by atoms with van der Waals surface area (Å²) in [5.41, 5.74) is 13.1. The van der Waals surface area contributed by atoms with Gasteiger partial charge in [0, 0.05) is 31.5 Å². The summed E-state index contributed by atoms with van der Waals surface area (Å²) in [6.07, 6.45) is 2.34. The van der Waals surface area contributed by atoms with Gasteiger partial charge in [-0.15, -0.1) is 6.58 Å². The molecular formula is C29H33N7O2. The Kier molecular flexibility index (Phi) is 9.06. The molecule has 0 radical (unpaired) electrons. The van der Waals surface area contributed by atoms with E-state index in [0.29, 0.717) is 29.7 Å². The van der Waals surface area contributed by atoms with Crippen molar-refractivity contribution in [3.8, 4) is 17.5 Å². The number of nitrogens with zero attached hydrogens (tertiary/aromatic N) is 4. The van der Waals surface area contributed by atoms with Crippen LogP contribution in [0.3, 0.4) is 0 Å². The Morgan fingerprint density at radius 2 is 1.89 bits per heavy atom. The van der Waals surface area contributed by atoms with Crippen molar-refractivity contribution in [2.75, 3.05) is 17.6 Å². The fraction of sp³-hybridized carbons (Fsp3) is 0.241. The van der Waals surface area contributed by atoms with Crippen LogP contribution in [0.2, 0.25) is 0 Å². The monoisotopic (exact) mass is 511 g/mol. The maximum atomic E-state index is 13.2. The van der Waals surface area contributed by atoms with Crippen LogP contribution < -0.4 is 22.3 Å². The summed E-state index contributed by atoms with van der Waals surface area (Å²) in [6, 6.07) is 15.3. The normalized spacial score (nSPS) is 10.3. The number of carbonyl (C=O) groups is 1. The molecular weight excluding hydrogens is 478 g/mol. The summed E-state index contributed by atoms with van der Waals surface area (Å²) in [7, 11) is 1.67. The SMILES string of the molecule is C=CCNc1c(C(N)=O)c(N)nn1C.CCc1nc2cccc(C#CC(C)C)c2c(=O)n1-c1ccccc1. The molecule has 38 heavy (non-hydrogen) atoms. The molecule has 0 atom stereocenters. The summed E-state index contributed by atoms with van der Waals surface area (Å²) in [4.78, 5) is 29.0. The number of primary amides is 1. The average Bonchev–Trinajstić information content (AvgIpc) is 3.19. The van der Waals surface area contributed by atoms with Crippen LogP contribution in [-0.2, 0) is 13.5 Å². The summed E-state index contributed by atoms with van der Waals surface area (Å²) < 4.78 is 3.17. The highest BCUT2D eigenvalue weighted by Crippen LogP contribution is 2.20. The molecule has 2 heterocycles.